The average molecular weight is 319 g/mol. The molecule has 0 atom stereocenters. The average Bonchev–Trinajstić information content (AvgIpc) is 2.82. The number of aryl methyl sites for hydroxylation is 2. The smallest absolute Gasteiger partial charge is 0.115 e. The summed E-state index contributed by atoms with van der Waals surface area (Å²) >= 11 is 12.2. The van der Waals surface area contributed by atoms with Crippen LogP contribution in [-0.4, -0.2) is 15.4 Å². The monoisotopic (exact) mass is 318 g/mol. The van der Waals surface area contributed by atoms with E-state index < -0.39 is 0 Å². The number of imidazole rings is 1. The van der Waals surface area contributed by atoms with Gasteiger partial charge in [0.2, 0.25) is 0 Å². The van der Waals surface area contributed by atoms with Crippen LogP contribution in [0.3, 0.4) is 0 Å². The van der Waals surface area contributed by atoms with Gasteiger partial charge in [-0.05, 0) is 43.2 Å². The fourth-order valence-corrected chi connectivity index (χ4v) is 2.99. The third-order valence-electron chi connectivity index (χ3n) is 3.75. The Hall–Kier alpha value is -1.51. The minimum absolute atomic E-state index is 0.544. The fourth-order valence-electron chi connectivity index (χ4n) is 2.65. The number of fused-ring (bicyclic) bond motifs is 1. The zero-order chi connectivity index (χ0) is 15.0. The van der Waals surface area contributed by atoms with Crippen LogP contribution in [0.2, 0.25) is 5.02 Å². The van der Waals surface area contributed by atoms with E-state index in [9.17, 15) is 0 Å². The first-order valence-corrected chi connectivity index (χ1v) is 7.83. The topological polar surface area (TPSA) is 17.8 Å². The van der Waals surface area contributed by atoms with Gasteiger partial charge in [-0.2, -0.15) is 0 Å². The minimum Gasteiger partial charge on any atom is -0.296 e. The molecule has 4 heteroatoms. The molecule has 21 heavy (non-hydrogen) atoms. The molecule has 0 aliphatic carbocycles. The molecule has 0 aliphatic rings. The first-order valence-electron chi connectivity index (χ1n) is 6.92. The fraction of sp³-hybridized carbons (Fsp3) is 0.235. The third kappa shape index (κ3) is 2.43. The first-order chi connectivity index (χ1) is 10.1. The molecule has 1 aromatic heterocycles. The molecule has 0 N–H and O–H groups in total. The number of hydrogen-bond acceptors (Lipinski definition) is 1. The quantitative estimate of drug-likeness (QED) is 0.616. The first kappa shape index (κ1) is 14.4. The van der Waals surface area contributed by atoms with Crippen LogP contribution in [0.4, 0.5) is 0 Å². The summed E-state index contributed by atoms with van der Waals surface area (Å²) in [5.74, 6) is 1.52. The molecule has 1 heterocycles. The Morgan fingerprint density at radius 3 is 2.62 bits per heavy atom. The van der Waals surface area contributed by atoms with Gasteiger partial charge in [0.25, 0.3) is 0 Å². The Kier molecular flexibility index (Phi) is 3.92. The van der Waals surface area contributed by atoms with Gasteiger partial charge in [0.15, 0.2) is 0 Å². The maximum absolute atomic E-state index is 6.28. The summed E-state index contributed by atoms with van der Waals surface area (Å²) in [4.78, 5) is 4.78. The van der Waals surface area contributed by atoms with E-state index in [0.29, 0.717) is 5.88 Å². The lowest BCUT2D eigenvalue weighted by atomic mass is 10.1. The highest BCUT2D eigenvalue weighted by molar-refractivity contribution is 6.31. The van der Waals surface area contributed by atoms with Crippen LogP contribution in [0.1, 0.15) is 17.0 Å². The van der Waals surface area contributed by atoms with Crippen LogP contribution in [0.5, 0.6) is 0 Å². The predicted octanol–water partition coefficient (Wildman–Crippen LogP) is 5.08. The second kappa shape index (κ2) is 5.70. The lowest BCUT2D eigenvalue weighted by molar-refractivity contribution is 0.907. The largest absolute Gasteiger partial charge is 0.296 e. The number of halogens is 2. The molecule has 0 saturated heterocycles. The van der Waals surface area contributed by atoms with Gasteiger partial charge in [0, 0.05) is 17.3 Å². The number of benzene rings is 2. The Morgan fingerprint density at radius 2 is 1.86 bits per heavy atom. The Morgan fingerprint density at radius 1 is 1.10 bits per heavy atom. The van der Waals surface area contributed by atoms with E-state index in [1.54, 1.807) is 0 Å². The molecule has 108 valence electrons. The van der Waals surface area contributed by atoms with Crippen LogP contribution in [-0.2, 0) is 6.42 Å². The van der Waals surface area contributed by atoms with E-state index >= 15 is 0 Å². The summed E-state index contributed by atoms with van der Waals surface area (Å²) < 4.78 is 2.17. The van der Waals surface area contributed by atoms with Crippen LogP contribution in [0, 0.1) is 13.8 Å². The van der Waals surface area contributed by atoms with Crippen LogP contribution in [0.15, 0.2) is 36.4 Å². The zero-order valence-corrected chi connectivity index (χ0v) is 13.5. The summed E-state index contributed by atoms with van der Waals surface area (Å²) in [5.41, 5.74) is 5.41. The van der Waals surface area contributed by atoms with Crippen molar-refractivity contribution in [1.82, 2.24) is 9.55 Å². The van der Waals surface area contributed by atoms with Crippen molar-refractivity contribution in [3.05, 3.63) is 58.4 Å². The van der Waals surface area contributed by atoms with Gasteiger partial charge in [-0.3, -0.25) is 4.57 Å². The molecular formula is C17H16Cl2N2. The summed E-state index contributed by atoms with van der Waals surface area (Å²) in [6.07, 6.45) is 0.724. The molecule has 0 radical (unpaired) electrons. The van der Waals surface area contributed by atoms with E-state index in [4.69, 9.17) is 28.2 Å². The van der Waals surface area contributed by atoms with Crippen molar-refractivity contribution in [2.45, 2.75) is 20.3 Å². The van der Waals surface area contributed by atoms with Crippen molar-refractivity contribution in [3.8, 4) is 5.69 Å². The van der Waals surface area contributed by atoms with Gasteiger partial charge < -0.3 is 0 Å². The van der Waals surface area contributed by atoms with E-state index in [1.807, 2.05) is 19.1 Å². The van der Waals surface area contributed by atoms with Gasteiger partial charge in [-0.25, -0.2) is 4.98 Å². The summed E-state index contributed by atoms with van der Waals surface area (Å²) in [6.45, 7) is 4.11. The van der Waals surface area contributed by atoms with E-state index in [2.05, 4.69) is 35.8 Å². The van der Waals surface area contributed by atoms with E-state index in [-0.39, 0.29) is 0 Å². The maximum Gasteiger partial charge on any atom is 0.115 e. The number of aromatic nitrogens is 2. The van der Waals surface area contributed by atoms with Crippen molar-refractivity contribution in [3.63, 3.8) is 0 Å². The molecule has 3 aromatic rings. The summed E-state index contributed by atoms with van der Waals surface area (Å²) in [7, 11) is 0. The molecule has 3 rings (SSSR count). The summed E-state index contributed by atoms with van der Waals surface area (Å²) in [6, 6.07) is 12.2. The van der Waals surface area contributed by atoms with Crippen molar-refractivity contribution in [2.75, 3.05) is 5.88 Å². The number of hydrogen-bond donors (Lipinski definition) is 0. The number of rotatable bonds is 3. The van der Waals surface area contributed by atoms with Crippen molar-refractivity contribution in [2.24, 2.45) is 0 Å². The van der Waals surface area contributed by atoms with Gasteiger partial charge in [-0.15, -0.1) is 11.6 Å². The molecule has 2 aromatic carbocycles. The zero-order valence-electron chi connectivity index (χ0n) is 12.0. The number of para-hydroxylation sites is 1. The Balaban J connectivity index is 2.37. The SMILES string of the molecule is Cc1c(Cl)cccc1-n1c(CCCl)nc2c(C)cccc21. The molecule has 0 unspecified atom stereocenters. The molecule has 0 amide bonds. The van der Waals surface area contributed by atoms with Crippen LogP contribution < -0.4 is 0 Å². The van der Waals surface area contributed by atoms with Gasteiger partial charge in [-0.1, -0.05) is 29.8 Å². The van der Waals surface area contributed by atoms with Gasteiger partial charge in [0.05, 0.1) is 16.7 Å². The van der Waals surface area contributed by atoms with Crippen molar-refractivity contribution in [1.29, 1.82) is 0 Å². The van der Waals surface area contributed by atoms with E-state index in [0.717, 1.165) is 39.6 Å². The molecule has 0 fully saturated rings. The summed E-state index contributed by atoms with van der Waals surface area (Å²) in [5, 5.41) is 0.763. The minimum atomic E-state index is 0.544. The van der Waals surface area contributed by atoms with Crippen molar-refractivity contribution >= 4 is 34.2 Å². The highest BCUT2D eigenvalue weighted by Gasteiger charge is 2.15. The Labute approximate surface area is 134 Å². The van der Waals surface area contributed by atoms with Crippen molar-refractivity contribution < 1.29 is 0 Å². The lowest BCUT2D eigenvalue weighted by Crippen LogP contribution is -2.04. The van der Waals surface area contributed by atoms with Gasteiger partial charge in [0.1, 0.15) is 5.82 Å². The number of alkyl halides is 1. The molecule has 0 bridgehead atoms. The third-order valence-corrected chi connectivity index (χ3v) is 4.35. The lowest BCUT2D eigenvalue weighted by Gasteiger charge is -2.12. The Bertz CT molecular complexity index is 806. The molecular weight excluding hydrogens is 303 g/mol. The second-order valence-corrected chi connectivity index (χ2v) is 5.91. The van der Waals surface area contributed by atoms with Gasteiger partial charge >= 0.3 is 0 Å². The van der Waals surface area contributed by atoms with Crippen LogP contribution >= 0.6 is 23.2 Å². The standard InChI is InChI=1S/C17H16Cl2N2/c1-11-5-3-8-15-17(11)20-16(9-10-18)21(15)14-7-4-6-13(19)12(14)2/h3-8H,9-10H2,1-2H3. The molecule has 0 saturated carbocycles. The predicted molar refractivity (Wildman–Crippen MR) is 90.0 cm³/mol. The maximum atomic E-state index is 6.28. The van der Waals surface area contributed by atoms with Crippen LogP contribution in [0.25, 0.3) is 16.7 Å². The molecule has 0 spiro atoms. The normalized spacial score (nSPS) is 11.2. The second-order valence-electron chi connectivity index (χ2n) is 5.13. The highest BCUT2D eigenvalue weighted by Crippen LogP contribution is 2.29. The molecule has 2 nitrogen and oxygen atoms in total. The highest BCUT2D eigenvalue weighted by atomic mass is 35.5. The van der Waals surface area contributed by atoms with E-state index in [1.165, 1.54) is 5.56 Å². The number of nitrogens with zero attached hydrogens (tertiary/aromatic N) is 2. The molecule has 0 aliphatic heterocycles.